The minimum absolute atomic E-state index is 0.103. The highest BCUT2D eigenvalue weighted by molar-refractivity contribution is 7.11. The van der Waals surface area contributed by atoms with Gasteiger partial charge in [0.2, 0.25) is 0 Å². The van der Waals surface area contributed by atoms with E-state index in [0.29, 0.717) is 0 Å². The van der Waals surface area contributed by atoms with E-state index in [1.165, 1.54) is 4.88 Å². The van der Waals surface area contributed by atoms with E-state index in [-0.39, 0.29) is 11.5 Å². The second-order valence-corrected chi connectivity index (χ2v) is 5.56. The van der Waals surface area contributed by atoms with E-state index in [0.717, 1.165) is 5.01 Å². The summed E-state index contributed by atoms with van der Waals surface area (Å²) < 4.78 is 5.46. The van der Waals surface area contributed by atoms with Gasteiger partial charge in [0, 0.05) is 18.2 Å². The Balaban J connectivity index is 2.91. The van der Waals surface area contributed by atoms with Crippen molar-refractivity contribution >= 4 is 11.3 Å². The van der Waals surface area contributed by atoms with Crippen LogP contribution in [0.5, 0.6) is 0 Å². The molecule has 1 aromatic rings. The molecule has 0 amide bonds. The zero-order valence-electron chi connectivity index (χ0n) is 8.92. The van der Waals surface area contributed by atoms with E-state index < -0.39 is 0 Å². The molecule has 0 aliphatic heterocycles. The molecular formula is C10H17NOS. The second kappa shape index (κ2) is 3.76. The molecule has 1 unspecified atom stereocenters. The van der Waals surface area contributed by atoms with Crippen LogP contribution in [0.25, 0.3) is 0 Å². The van der Waals surface area contributed by atoms with Crippen molar-refractivity contribution in [3.63, 3.8) is 0 Å². The van der Waals surface area contributed by atoms with Crippen LogP contribution in [0.4, 0.5) is 0 Å². The first-order valence-electron chi connectivity index (χ1n) is 4.40. The van der Waals surface area contributed by atoms with Crippen molar-refractivity contribution in [2.75, 3.05) is 7.11 Å². The van der Waals surface area contributed by atoms with Gasteiger partial charge in [-0.1, -0.05) is 20.8 Å². The second-order valence-electron chi connectivity index (χ2n) is 4.29. The minimum Gasteiger partial charge on any atom is -0.374 e. The van der Waals surface area contributed by atoms with Gasteiger partial charge in [-0.3, -0.25) is 0 Å². The molecule has 0 aliphatic carbocycles. The average molecular weight is 199 g/mol. The van der Waals surface area contributed by atoms with E-state index >= 15 is 0 Å². The summed E-state index contributed by atoms with van der Waals surface area (Å²) in [6.07, 6.45) is 2.00. The van der Waals surface area contributed by atoms with E-state index in [4.69, 9.17) is 4.74 Å². The quantitative estimate of drug-likeness (QED) is 0.729. The maximum absolute atomic E-state index is 5.46. The number of rotatable bonds is 2. The van der Waals surface area contributed by atoms with Gasteiger partial charge < -0.3 is 4.74 Å². The molecule has 1 aromatic heterocycles. The lowest BCUT2D eigenvalue weighted by Crippen LogP contribution is -2.19. The number of thiazole rings is 1. The average Bonchev–Trinajstić information content (AvgIpc) is 2.34. The van der Waals surface area contributed by atoms with Gasteiger partial charge in [0.15, 0.2) is 0 Å². The van der Waals surface area contributed by atoms with Gasteiger partial charge in [-0.2, -0.15) is 0 Å². The molecule has 0 saturated heterocycles. The minimum atomic E-state index is 0.103. The molecule has 3 heteroatoms. The smallest absolute Gasteiger partial charge is 0.122 e. The van der Waals surface area contributed by atoms with Crippen LogP contribution in [0.15, 0.2) is 6.20 Å². The fourth-order valence-electron chi connectivity index (χ4n) is 1.32. The number of aromatic nitrogens is 1. The Kier molecular flexibility index (Phi) is 3.09. The Labute approximate surface area is 84.0 Å². The van der Waals surface area contributed by atoms with Gasteiger partial charge in [-0.15, -0.1) is 11.3 Å². The first-order valence-corrected chi connectivity index (χ1v) is 5.22. The van der Waals surface area contributed by atoms with Gasteiger partial charge in [0.25, 0.3) is 0 Å². The highest BCUT2D eigenvalue weighted by Crippen LogP contribution is 2.36. The maximum Gasteiger partial charge on any atom is 0.122 e. The van der Waals surface area contributed by atoms with Crippen molar-refractivity contribution in [1.82, 2.24) is 4.98 Å². The third-order valence-corrected chi connectivity index (χ3v) is 2.84. The normalized spacial score (nSPS) is 14.5. The Morgan fingerprint density at radius 2 is 2.08 bits per heavy atom. The molecule has 1 heterocycles. The molecule has 0 fully saturated rings. The Morgan fingerprint density at radius 3 is 2.38 bits per heavy atom. The molecule has 1 atom stereocenters. The topological polar surface area (TPSA) is 22.1 Å². The molecule has 0 aromatic carbocycles. The van der Waals surface area contributed by atoms with E-state index in [1.54, 1.807) is 18.4 Å². The largest absolute Gasteiger partial charge is 0.374 e. The van der Waals surface area contributed by atoms with E-state index in [9.17, 15) is 0 Å². The zero-order chi connectivity index (χ0) is 10.1. The summed E-state index contributed by atoms with van der Waals surface area (Å²) in [4.78, 5) is 5.58. The molecule has 0 spiro atoms. The summed E-state index contributed by atoms with van der Waals surface area (Å²) in [5.41, 5.74) is 0.110. The van der Waals surface area contributed by atoms with E-state index in [2.05, 4.69) is 32.7 Å². The molecule has 0 N–H and O–H groups in total. The Morgan fingerprint density at radius 1 is 1.46 bits per heavy atom. The predicted octanol–water partition coefficient (Wildman–Crippen LogP) is 3.19. The highest BCUT2D eigenvalue weighted by atomic mass is 32.1. The third kappa shape index (κ3) is 2.51. The van der Waals surface area contributed by atoms with Crippen LogP contribution in [-0.4, -0.2) is 12.1 Å². The molecule has 74 valence electrons. The number of methoxy groups -OCH3 is 1. The van der Waals surface area contributed by atoms with Crippen molar-refractivity contribution in [3.8, 4) is 0 Å². The van der Waals surface area contributed by atoms with E-state index in [1.807, 2.05) is 6.20 Å². The van der Waals surface area contributed by atoms with Crippen molar-refractivity contribution in [2.24, 2.45) is 5.41 Å². The lowest BCUT2D eigenvalue weighted by atomic mass is 9.89. The summed E-state index contributed by atoms with van der Waals surface area (Å²) in [6, 6.07) is 0. The molecule has 0 saturated carbocycles. The number of nitrogens with zero attached hydrogens (tertiary/aromatic N) is 1. The Hall–Kier alpha value is -0.410. The molecule has 2 nitrogen and oxygen atoms in total. The standard InChI is InChI=1S/C10H17NOS/c1-7-6-11-9(13-7)8(12-5)10(2,3)4/h6,8H,1-5H3. The fraction of sp³-hybridized carbons (Fsp3) is 0.700. The van der Waals surface area contributed by atoms with Crippen LogP contribution >= 0.6 is 11.3 Å². The number of hydrogen-bond acceptors (Lipinski definition) is 3. The van der Waals surface area contributed by atoms with Crippen molar-refractivity contribution < 1.29 is 4.74 Å². The third-order valence-electron chi connectivity index (χ3n) is 1.89. The molecule has 0 aliphatic rings. The molecule has 0 radical (unpaired) electrons. The van der Waals surface area contributed by atoms with Crippen molar-refractivity contribution in [1.29, 1.82) is 0 Å². The monoisotopic (exact) mass is 199 g/mol. The first kappa shape index (κ1) is 10.7. The summed E-state index contributed by atoms with van der Waals surface area (Å²) in [5, 5.41) is 1.08. The summed E-state index contributed by atoms with van der Waals surface area (Å²) in [5.74, 6) is 0. The molecular weight excluding hydrogens is 182 g/mol. The van der Waals surface area contributed by atoms with Gasteiger partial charge >= 0.3 is 0 Å². The van der Waals surface area contributed by atoms with Gasteiger partial charge in [0.1, 0.15) is 11.1 Å². The first-order chi connectivity index (χ1) is 5.95. The van der Waals surface area contributed by atoms with Crippen molar-refractivity contribution in [2.45, 2.75) is 33.8 Å². The predicted molar refractivity (Wildman–Crippen MR) is 56.1 cm³/mol. The van der Waals surface area contributed by atoms with Gasteiger partial charge in [-0.25, -0.2) is 4.98 Å². The van der Waals surface area contributed by atoms with Crippen LogP contribution in [0, 0.1) is 12.3 Å². The number of aryl methyl sites for hydroxylation is 1. The summed E-state index contributed by atoms with van der Waals surface area (Å²) >= 11 is 1.71. The van der Waals surface area contributed by atoms with Crippen LogP contribution in [0.3, 0.4) is 0 Å². The van der Waals surface area contributed by atoms with Crippen LogP contribution in [0.2, 0.25) is 0 Å². The lowest BCUT2D eigenvalue weighted by Gasteiger charge is -2.27. The van der Waals surface area contributed by atoms with Gasteiger partial charge in [0.05, 0.1) is 0 Å². The summed E-state index contributed by atoms with van der Waals surface area (Å²) in [7, 11) is 1.74. The van der Waals surface area contributed by atoms with Crippen molar-refractivity contribution in [3.05, 3.63) is 16.1 Å². The highest BCUT2D eigenvalue weighted by Gasteiger charge is 2.28. The molecule has 13 heavy (non-hydrogen) atoms. The molecule has 1 rings (SSSR count). The lowest BCUT2D eigenvalue weighted by molar-refractivity contribution is 0.0150. The molecule has 0 bridgehead atoms. The van der Waals surface area contributed by atoms with Crippen LogP contribution < -0.4 is 0 Å². The van der Waals surface area contributed by atoms with Crippen LogP contribution in [-0.2, 0) is 4.74 Å². The number of hydrogen-bond donors (Lipinski definition) is 0. The SMILES string of the molecule is COC(c1ncc(C)s1)C(C)(C)C. The maximum atomic E-state index is 5.46. The van der Waals surface area contributed by atoms with Crippen LogP contribution in [0.1, 0.15) is 36.8 Å². The van der Waals surface area contributed by atoms with Gasteiger partial charge in [-0.05, 0) is 12.3 Å². The zero-order valence-corrected chi connectivity index (χ0v) is 9.73. The Bertz CT molecular complexity index is 275. The number of ether oxygens (including phenoxy) is 1. The fourth-order valence-corrected chi connectivity index (χ4v) is 2.42. The summed E-state index contributed by atoms with van der Waals surface area (Å²) in [6.45, 7) is 8.56.